The molecule has 0 spiro atoms. The summed E-state index contributed by atoms with van der Waals surface area (Å²) in [7, 11) is 3.43. The lowest BCUT2D eigenvalue weighted by molar-refractivity contribution is 0.00539. The zero-order chi connectivity index (χ0) is 15.7. The molecule has 120 valence electrons. The van der Waals surface area contributed by atoms with Gasteiger partial charge in [0.2, 0.25) is 0 Å². The van der Waals surface area contributed by atoms with Crippen LogP contribution < -0.4 is 10.1 Å². The van der Waals surface area contributed by atoms with E-state index in [-0.39, 0.29) is 5.60 Å². The Bertz CT molecular complexity index is 424. The number of halogens is 1. The lowest BCUT2D eigenvalue weighted by Crippen LogP contribution is -2.25. The fourth-order valence-electron chi connectivity index (χ4n) is 1.69. The Labute approximate surface area is 136 Å². The van der Waals surface area contributed by atoms with Crippen molar-refractivity contribution in [2.24, 2.45) is 0 Å². The van der Waals surface area contributed by atoms with Crippen molar-refractivity contribution >= 4 is 15.9 Å². The highest BCUT2D eigenvalue weighted by Gasteiger charge is 2.16. The van der Waals surface area contributed by atoms with E-state index >= 15 is 0 Å². The van der Waals surface area contributed by atoms with Gasteiger partial charge in [0.1, 0.15) is 5.75 Å². The lowest BCUT2D eigenvalue weighted by atomic mass is 10.1. The van der Waals surface area contributed by atoms with Crippen LogP contribution in [-0.4, -0.2) is 39.6 Å². The van der Waals surface area contributed by atoms with Crippen LogP contribution in [0.25, 0.3) is 0 Å². The normalized spacial score (nSPS) is 11.7. The summed E-state index contributed by atoms with van der Waals surface area (Å²) in [6, 6.07) is 6.15. The summed E-state index contributed by atoms with van der Waals surface area (Å²) in [5.74, 6) is 0.863. The fraction of sp³-hybridized carbons (Fsp3) is 0.625. The van der Waals surface area contributed by atoms with Gasteiger partial charge < -0.3 is 19.5 Å². The predicted molar refractivity (Wildman–Crippen MR) is 88.9 cm³/mol. The van der Waals surface area contributed by atoms with Crippen molar-refractivity contribution in [2.75, 3.05) is 34.0 Å². The van der Waals surface area contributed by atoms with E-state index in [4.69, 9.17) is 14.2 Å². The first-order valence-corrected chi connectivity index (χ1v) is 7.94. The second kappa shape index (κ2) is 9.41. The zero-order valence-corrected chi connectivity index (χ0v) is 15.0. The molecule has 1 N–H and O–H groups in total. The molecule has 0 saturated heterocycles. The predicted octanol–water partition coefficient (Wildman–Crippen LogP) is 3.38. The maximum Gasteiger partial charge on any atom is 0.133 e. The van der Waals surface area contributed by atoms with Crippen LogP contribution in [0.3, 0.4) is 0 Å². The Kier molecular flexibility index (Phi) is 8.26. The molecule has 0 aliphatic heterocycles. The van der Waals surface area contributed by atoms with Gasteiger partial charge in [-0.05, 0) is 47.5 Å². The van der Waals surface area contributed by atoms with Crippen molar-refractivity contribution in [2.45, 2.75) is 32.4 Å². The number of nitrogens with one attached hydrogen (secondary N) is 1. The van der Waals surface area contributed by atoms with Crippen LogP contribution in [-0.2, 0) is 16.0 Å². The highest BCUT2D eigenvalue weighted by atomic mass is 79.9. The number of hydrogen-bond donors (Lipinski definition) is 1. The molecule has 1 aromatic carbocycles. The van der Waals surface area contributed by atoms with Crippen LogP contribution in [0.15, 0.2) is 22.7 Å². The van der Waals surface area contributed by atoms with E-state index in [2.05, 4.69) is 47.2 Å². The van der Waals surface area contributed by atoms with Crippen LogP contribution in [0.5, 0.6) is 5.75 Å². The van der Waals surface area contributed by atoms with Gasteiger partial charge in [-0.1, -0.05) is 6.07 Å². The van der Waals surface area contributed by atoms with Gasteiger partial charge in [-0.2, -0.15) is 0 Å². The first-order valence-electron chi connectivity index (χ1n) is 7.14. The molecule has 1 rings (SSSR count). The Morgan fingerprint density at radius 2 is 1.95 bits per heavy atom. The van der Waals surface area contributed by atoms with Crippen LogP contribution in [0.2, 0.25) is 0 Å². The van der Waals surface area contributed by atoms with Crippen molar-refractivity contribution in [1.29, 1.82) is 0 Å². The summed E-state index contributed by atoms with van der Waals surface area (Å²) in [4.78, 5) is 0. The topological polar surface area (TPSA) is 39.7 Å². The molecule has 0 radical (unpaired) electrons. The second-order valence-corrected chi connectivity index (χ2v) is 6.35. The number of hydrogen-bond acceptors (Lipinski definition) is 4. The number of benzene rings is 1. The molecule has 0 aromatic heterocycles. The van der Waals surface area contributed by atoms with Gasteiger partial charge in [0, 0.05) is 33.7 Å². The largest absolute Gasteiger partial charge is 0.492 e. The number of ether oxygens (including phenoxy) is 3. The van der Waals surface area contributed by atoms with Gasteiger partial charge in [0.25, 0.3) is 0 Å². The Hall–Kier alpha value is -0.620. The van der Waals surface area contributed by atoms with E-state index in [0.717, 1.165) is 36.3 Å². The van der Waals surface area contributed by atoms with E-state index < -0.39 is 0 Å². The van der Waals surface area contributed by atoms with Gasteiger partial charge in [0.05, 0.1) is 23.3 Å². The van der Waals surface area contributed by atoms with E-state index in [1.54, 1.807) is 14.2 Å². The van der Waals surface area contributed by atoms with Crippen molar-refractivity contribution in [1.82, 2.24) is 5.32 Å². The minimum Gasteiger partial charge on any atom is -0.492 e. The van der Waals surface area contributed by atoms with Gasteiger partial charge in [-0.15, -0.1) is 0 Å². The third-order valence-corrected chi connectivity index (χ3v) is 3.94. The summed E-state index contributed by atoms with van der Waals surface area (Å²) in [5.41, 5.74) is 1.06. The van der Waals surface area contributed by atoms with E-state index in [0.29, 0.717) is 6.61 Å². The maximum absolute atomic E-state index is 5.81. The summed E-state index contributed by atoms with van der Waals surface area (Å²) >= 11 is 3.56. The fourth-order valence-corrected chi connectivity index (χ4v) is 2.23. The maximum atomic E-state index is 5.81. The molecule has 0 bridgehead atoms. The molecule has 21 heavy (non-hydrogen) atoms. The van der Waals surface area contributed by atoms with Crippen molar-refractivity contribution in [3.63, 3.8) is 0 Å². The van der Waals surface area contributed by atoms with E-state index in [9.17, 15) is 0 Å². The SMILES string of the molecule is COCCNCc1ccc(OCCC(C)(C)OC)c(Br)c1. The number of rotatable bonds is 10. The Morgan fingerprint density at radius 3 is 2.57 bits per heavy atom. The van der Waals surface area contributed by atoms with Crippen molar-refractivity contribution in [3.05, 3.63) is 28.2 Å². The van der Waals surface area contributed by atoms with Crippen LogP contribution >= 0.6 is 15.9 Å². The first kappa shape index (κ1) is 18.4. The molecule has 0 aliphatic carbocycles. The molecule has 1 aromatic rings. The summed E-state index contributed by atoms with van der Waals surface area (Å²) in [6.45, 7) is 7.13. The minimum atomic E-state index is -0.155. The summed E-state index contributed by atoms with van der Waals surface area (Å²) in [6.07, 6.45) is 0.844. The third-order valence-electron chi connectivity index (χ3n) is 3.32. The highest BCUT2D eigenvalue weighted by molar-refractivity contribution is 9.10. The molecule has 0 heterocycles. The molecule has 0 unspecified atom stereocenters. The quantitative estimate of drug-likeness (QED) is 0.650. The molecular weight excluding hydrogens is 334 g/mol. The lowest BCUT2D eigenvalue weighted by Gasteiger charge is -2.22. The Balaban J connectivity index is 2.43. The van der Waals surface area contributed by atoms with Crippen LogP contribution in [0.1, 0.15) is 25.8 Å². The number of methoxy groups -OCH3 is 2. The molecule has 5 heteroatoms. The molecule has 0 amide bonds. The first-order chi connectivity index (χ1) is 9.98. The van der Waals surface area contributed by atoms with Gasteiger partial charge >= 0.3 is 0 Å². The molecule has 4 nitrogen and oxygen atoms in total. The summed E-state index contributed by atoms with van der Waals surface area (Å²) < 4.78 is 17.2. The van der Waals surface area contributed by atoms with E-state index in [1.807, 2.05) is 6.07 Å². The van der Waals surface area contributed by atoms with E-state index in [1.165, 1.54) is 5.56 Å². The molecule has 0 atom stereocenters. The Morgan fingerprint density at radius 1 is 1.19 bits per heavy atom. The zero-order valence-electron chi connectivity index (χ0n) is 13.4. The third kappa shape index (κ3) is 7.27. The van der Waals surface area contributed by atoms with Crippen LogP contribution in [0, 0.1) is 0 Å². The second-order valence-electron chi connectivity index (χ2n) is 5.50. The van der Waals surface area contributed by atoms with Gasteiger partial charge in [-0.25, -0.2) is 0 Å². The van der Waals surface area contributed by atoms with Crippen molar-refractivity contribution < 1.29 is 14.2 Å². The molecular formula is C16H26BrNO3. The van der Waals surface area contributed by atoms with Gasteiger partial charge in [-0.3, -0.25) is 0 Å². The monoisotopic (exact) mass is 359 g/mol. The molecule has 0 fully saturated rings. The highest BCUT2D eigenvalue weighted by Crippen LogP contribution is 2.26. The molecule has 0 aliphatic rings. The average molecular weight is 360 g/mol. The van der Waals surface area contributed by atoms with Gasteiger partial charge in [0.15, 0.2) is 0 Å². The van der Waals surface area contributed by atoms with Crippen LogP contribution in [0.4, 0.5) is 0 Å². The molecule has 0 saturated carbocycles. The van der Waals surface area contributed by atoms with Crippen molar-refractivity contribution in [3.8, 4) is 5.75 Å². The smallest absolute Gasteiger partial charge is 0.133 e. The minimum absolute atomic E-state index is 0.155. The standard InChI is InChI=1S/C16H26BrNO3/c1-16(2,20-4)7-9-21-15-6-5-13(11-14(15)17)12-18-8-10-19-3/h5-6,11,18H,7-10,12H2,1-4H3. The average Bonchev–Trinajstić information content (AvgIpc) is 2.46. The summed E-state index contributed by atoms with van der Waals surface area (Å²) in [5, 5.41) is 3.32.